The van der Waals surface area contributed by atoms with Crippen LogP contribution in [0.15, 0.2) is 71.4 Å². The molecule has 12 heteroatoms. The molecule has 0 amide bonds. The summed E-state index contributed by atoms with van der Waals surface area (Å²) in [5, 5.41) is 19.8. The molecule has 0 atom stereocenters. The maximum atomic E-state index is 12.2. The van der Waals surface area contributed by atoms with Gasteiger partial charge in [-0.3, -0.25) is 10.1 Å². The molecule has 1 aromatic heterocycles. The lowest BCUT2D eigenvalue weighted by atomic mass is 10.2. The van der Waals surface area contributed by atoms with Crippen LogP contribution in [0.2, 0.25) is 0 Å². The Hall–Kier alpha value is -4.87. The van der Waals surface area contributed by atoms with E-state index in [0.717, 1.165) is 26.0 Å². The number of carbonyl (C=O) groups excluding carboxylic acids is 2. The second-order valence-electron chi connectivity index (χ2n) is 6.91. The van der Waals surface area contributed by atoms with Gasteiger partial charge in [0.05, 0.1) is 36.6 Å². The van der Waals surface area contributed by atoms with Crippen LogP contribution in [-0.4, -0.2) is 52.0 Å². The molecular weight excluding hydrogens is 458 g/mol. The van der Waals surface area contributed by atoms with E-state index in [2.05, 4.69) is 24.7 Å². The van der Waals surface area contributed by atoms with Gasteiger partial charge in [-0.05, 0) is 31.2 Å². The molecule has 0 aliphatic rings. The molecule has 0 N–H and O–H groups in total. The first-order chi connectivity index (χ1) is 16.8. The number of rotatable bonds is 8. The van der Waals surface area contributed by atoms with Gasteiger partial charge >= 0.3 is 11.9 Å². The molecule has 0 saturated carbocycles. The van der Waals surface area contributed by atoms with Gasteiger partial charge in [-0.1, -0.05) is 18.2 Å². The average Bonchev–Trinajstić information content (AvgIpc) is 3.26. The Bertz CT molecular complexity index is 1280. The van der Waals surface area contributed by atoms with E-state index < -0.39 is 22.6 Å². The molecule has 2 aromatic carbocycles. The normalized spacial score (nSPS) is 11.6. The highest BCUT2D eigenvalue weighted by atomic mass is 16.6. The maximum Gasteiger partial charge on any atom is 0.357 e. The summed E-state index contributed by atoms with van der Waals surface area (Å²) in [6, 6.07) is 14.6. The highest BCUT2D eigenvalue weighted by Crippen LogP contribution is 2.17. The average molecular weight is 479 g/mol. The quantitative estimate of drug-likeness (QED) is 0.119. The van der Waals surface area contributed by atoms with E-state index in [-0.39, 0.29) is 18.2 Å². The number of ether oxygens (including phenoxy) is 3. The topological polar surface area (TPSA) is 148 Å². The van der Waals surface area contributed by atoms with Crippen molar-refractivity contribution in [2.24, 2.45) is 4.99 Å². The summed E-state index contributed by atoms with van der Waals surface area (Å²) in [5.41, 5.74) is 1.60. The largest absolute Gasteiger partial charge is 0.471 e. The van der Waals surface area contributed by atoms with Crippen LogP contribution >= 0.6 is 0 Å². The summed E-state index contributed by atoms with van der Waals surface area (Å²) in [7, 11) is 2.27. The van der Waals surface area contributed by atoms with E-state index in [0.29, 0.717) is 17.0 Å². The van der Waals surface area contributed by atoms with Gasteiger partial charge in [0.2, 0.25) is 5.90 Å². The zero-order chi connectivity index (χ0) is 25.4. The van der Waals surface area contributed by atoms with Gasteiger partial charge in [-0.25, -0.2) is 14.6 Å². The molecule has 3 aromatic rings. The number of nitro groups is 1. The predicted molar refractivity (Wildman–Crippen MR) is 123 cm³/mol. The number of para-hydroxylation sites is 1. The lowest BCUT2D eigenvalue weighted by Crippen LogP contribution is -2.13. The number of hydrogen-bond acceptors (Lipinski definition) is 10. The first-order valence-electron chi connectivity index (χ1n) is 10.1. The van der Waals surface area contributed by atoms with Crippen LogP contribution in [-0.2, 0) is 30.4 Å². The van der Waals surface area contributed by atoms with Crippen molar-refractivity contribution in [3.05, 3.63) is 93.4 Å². The van der Waals surface area contributed by atoms with Crippen molar-refractivity contribution in [2.45, 2.75) is 13.5 Å². The van der Waals surface area contributed by atoms with Crippen molar-refractivity contribution in [3.8, 4) is 5.69 Å². The standard InChI is InChI=1S/C23H21N5O7/c1-15-20(26-27(25-15)17-7-5-4-6-8-17)14-35-22(16-9-11-18(12-10-16)28(31)32)24-19(23(30)34-3)13-21(29)33-2/h4-13H,14H2,1-3H3/b19-13+,24-22?. The number of aryl methyl sites for hydroxylation is 1. The van der Waals surface area contributed by atoms with Crippen LogP contribution in [0.4, 0.5) is 5.69 Å². The molecule has 0 bridgehead atoms. The molecule has 0 aliphatic carbocycles. The number of nitro benzene ring substituents is 1. The van der Waals surface area contributed by atoms with Crippen LogP contribution in [0, 0.1) is 17.0 Å². The third-order valence-corrected chi connectivity index (χ3v) is 4.61. The maximum absolute atomic E-state index is 12.2. The summed E-state index contributed by atoms with van der Waals surface area (Å²) in [5.74, 6) is -1.85. The minimum absolute atomic E-state index is 0.0961. The van der Waals surface area contributed by atoms with Crippen molar-refractivity contribution >= 4 is 23.5 Å². The molecule has 0 radical (unpaired) electrons. The van der Waals surface area contributed by atoms with Gasteiger partial charge < -0.3 is 14.2 Å². The SMILES string of the molecule is COC(=O)/C=C(/N=C(OCc1nn(-c2ccccc2)nc1C)c1ccc([N+](=O)[O-])cc1)C(=O)OC. The molecule has 3 rings (SSSR count). The van der Waals surface area contributed by atoms with E-state index >= 15 is 0 Å². The molecule has 1 heterocycles. The Morgan fingerprint density at radius 1 is 1.06 bits per heavy atom. The summed E-state index contributed by atoms with van der Waals surface area (Å²) in [4.78, 5) is 40.0. The minimum atomic E-state index is -0.912. The van der Waals surface area contributed by atoms with Gasteiger partial charge in [0.15, 0.2) is 5.70 Å². The number of nitrogens with zero attached hydrogens (tertiary/aromatic N) is 5. The third-order valence-electron chi connectivity index (χ3n) is 4.61. The monoisotopic (exact) mass is 479 g/mol. The fraction of sp³-hybridized carbons (Fsp3) is 0.174. The lowest BCUT2D eigenvalue weighted by Gasteiger charge is -2.10. The summed E-state index contributed by atoms with van der Waals surface area (Å²) >= 11 is 0. The summed E-state index contributed by atoms with van der Waals surface area (Å²) in [6.45, 7) is 1.66. The molecule has 0 unspecified atom stereocenters. The third kappa shape index (κ3) is 6.35. The number of non-ortho nitro benzene ring substituents is 1. The highest BCUT2D eigenvalue weighted by Gasteiger charge is 2.18. The number of esters is 2. The Balaban J connectivity index is 1.97. The number of carbonyl (C=O) groups is 2. The predicted octanol–water partition coefficient (Wildman–Crippen LogP) is 2.68. The van der Waals surface area contributed by atoms with E-state index in [4.69, 9.17) is 4.74 Å². The first-order valence-corrected chi connectivity index (χ1v) is 10.1. The molecular formula is C23H21N5O7. The van der Waals surface area contributed by atoms with Gasteiger partial charge in [-0.15, -0.1) is 5.10 Å². The van der Waals surface area contributed by atoms with Crippen LogP contribution in [0.1, 0.15) is 17.0 Å². The molecule has 0 spiro atoms. The van der Waals surface area contributed by atoms with Gasteiger partial charge in [0.25, 0.3) is 5.69 Å². The number of aromatic nitrogens is 3. The molecule has 35 heavy (non-hydrogen) atoms. The molecule has 0 saturated heterocycles. The fourth-order valence-electron chi connectivity index (χ4n) is 2.78. The van der Waals surface area contributed by atoms with Crippen LogP contribution in [0.5, 0.6) is 0 Å². The Kier molecular flexibility index (Phi) is 8.01. The summed E-state index contributed by atoms with van der Waals surface area (Å²) < 4.78 is 15.1. The number of benzene rings is 2. The second kappa shape index (κ2) is 11.3. The van der Waals surface area contributed by atoms with Gasteiger partial charge in [0.1, 0.15) is 12.3 Å². The zero-order valence-corrected chi connectivity index (χ0v) is 19.1. The van der Waals surface area contributed by atoms with Crippen molar-refractivity contribution in [2.75, 3.05) is 14.2 Å². The van der Waals surface area contributed by atoms with Crippen molar-refractivity contribution in [3.63, 3.8) is 0 Å². The Morgan fingerprint density at radius 3 is 2.34 bits per heavy atom. The molecule has 180 valence electrons. The van der Waals surface area contributed by atoms with Gasteiger partial charge in [-0.2, -0.15) is 9.90 Å². The van der Waals surface area contributed by atoms with E-state index in [1.54, 1.807) is 6.92 Å². The van der Waals surface area contributed by atoms with Gasteiger partial charge in [0, 0.05) is 17.7 Å². The van der Waals surface area contributed by atoms with Crippen molar-refractivity contribution in [1.29, 1.82) is 0 Å². The minimum Gasteiger partial charge on any atom is -0.471 e. The smallest absolute Gasteiger partial charge is 0.357 e. The number of hydrogen-bond donors (Lipinski definition) is 0. The lowest BCUT2D eigenvalue weighted by molar-refractivity contribution is -0.384. The fourth-order valence-corrected chi connectivity index (χ4v) is 2.78. The van der Waals surface area contributed by atoms with Crippen LogP contribution in [0.3, 0.4) is 0 Å². The molecule has 0 fully saturated rings. The van der Waals surface area contributed by atoms with Crippen molar-refractivity contribution in [1.82, 2.24) is 15.0 Å². The van der Waals surface area contributed by atoms with Crippen molar-refractivity contribution < 1.29 is 28.7 Å². The van der Waals surface area contributed by atoms with E-state index in [1.807, 2.05) is 30.3 Å². The highest BCUT2D eigenvalue weighted by molar-refractivity contribution is 6.02. The Labute approximate surface area is 199 Å². The molecule has 0 aliphatic heterocycles. The first kappa shape index (κ1) is 24.8. The van der Waals surface area contributed by atoms with E-state index in [1.165, 1.54) is 29.1 Å². The number of methoxy groups -OCH3 is 2. The van der Waals surface area contributed by atoms with E-state index in [9.17, 15) is 19.7 Å². The zero-order valence-electron chi connectivity index (χ0n) is 19.1. The second-order valence-corrected chi connectivity index (χ2v) is 6.91. The Morgan fingerprint density at radius 2 is 1.74 bits per heavy atom. The van der Waals surface area contributed by atoms with Crippen LogP contribution < -0.4 is 0 Å². The van der Waals surface area contributed by atoms with Crippen LogP contribution in [0.25, 0.3) is 5.69 Å². The number of aliphatic imine (C=N–C) groups is 1. The molecule has 12 nitrogen and oxygen atoms in total. The summed E-state index contributed by atoms with van der Waals surface area (Å²) in [6.07, 6.45) is 0.845.